The summed E-state index contributed by atoms with van der Waals surface area (Å²) in [5, 5.41) is 11.7. The van der Waals surface area contributed by atoms with Gasteiger partial charge < -0.3 is 19.6 Å². The van der Waals surface area contributed by atoms with E-state index in [4.69, 9.17) is 9.47 Å². The molecule has 0 bridgehead atoms. The maximum Gasteiger partial charge on any atom is 0.179 e. The summed E-state index contributed by atoms with van der Waals surface area (Å²) in [6.45, 7) is 3.02. The van der Waals surface area contributed by atoms with Crippen molar-refractivity contribution in [3.8, 4) is 11.5 Å². The molecular formula is C22H24N2O4. The Bertz CT molecular complexity index is 1040. The third-order valence-electron chi connectivity index (χ3n) is 5.40. The van der Waals surface area contributed by atoms with Crippen LogP contribution in [0.5, 0.6) is 11.5 Å². The van der Waals surface area contributed by atoms with Crippen molar-refractivity contribution < 1.29 is 19.4 Å². The standard InChI is InChI=1S/C22H24N2O4/c1-13-21(14-6-4-5-7-16(14)23-13)17(25)11-24-10-15-19(27-2)8-9-20(28-3)22(15)18(26)12-24/h4-9,18,23,26H,10-12H2,1-3H3/t18-/m1/s1. The zero-order chi connectivity index (χ0) is 19.8. The summed E-state index contributed by atoms with van der Waals surface area (Å²) in [4.78, 5) is 18.3. The van der Waals surface area contributed by atoms with Crippen LogP contribution in [0.2, 0.25) is 0 Å². The Kier molecular flexibility index (Phi) is 4.83. The molecule has 0 unspecified atom stereocenters. The number of ether oxygens (including phenoxy) is 2. The van der Waals surface area contributed by atoms with Crippen LogP contribution in [0, 0.1) is 6.92 Å². The number of methoxy groups -OCH3 is 2. The van der Waals surface area contributed by atoms with Gasteiger partial charge in [-0.1, -0.05) is 18.2 Å². The summed E-state index contributed by atoms with van der Waals surface area (Å²) in [5.74, 6) is 1.37. The van der Waals surface area contributed by atoms with E-state index >= 15 is 0 Å². The molecule has 1 aliphatic heterocycles. The number of aromatic nitrogens is 1. The molecule has 3 aromatic rings. The van der Waals surface area contributed by atoms with Crippen LogP contribution in [0.25, 0.3) is 10.9 Å². The summed E-state index contributed by atoms with van der Waals surface area (Å²) >= 11 is 0. The van der Waals surface area contributed by atoms with Crippen LogP contribution in [0.15, 0.2) is 36.4 Å². The second kappa shape index (κ2) is 7.30. The number of hydrogen-bond acceptors (Lipinski definition) is 5. The van der Waals surface area contributed by atoms with Gasteiger partial charge in [0.15, 0.2) is 5.78 Å². The van der Waals surface area contributed by atoms with Crippen LogP contribution >= 0.6 is 0 Å². The number of nitrogens with one attached hydrogen (secondary N) is 1. The molecule has 28 heavy (non-hydrogen) atoms. The molecule has 146 valence electrons. The van der Waals surface area contributed by atoms with E-state index in [-0.39, 0.29) is 12.3 Å². The second-order valence-corrected chi connectivity index (χ2v) is 7.14. The zero-order valence-corrected chi connectivity index (χ0v) is 16.3. The zero-order valence-electron chi connectivity index (χ0n) is 16.3. The smallest absolute Gasteiger partial charge is 0.179 e. The quantitative estimate of drug-likeness (QED) is 0.665. The first-order valence-electron chi connectivity index (χ1n) is 9.28. The molecule has 0 saturated carbocycles. The first kappa shape index (κ1) is 18.5. The number of carbonyl (C=O) groups is 1. The molecule has 4 rings (SSSR count). The van der Waals surface area contributed by atoms with Crippen molar-refractivity contribution in [3.63, 3.8) is 0 Å². The summed E-state index contributed by atoms with van der Waals surface area (Å²) in [6.07, 6.45) is -0.745. The number of Topliss-reactive ketones (excluding diaryl/α,β-unsaturated/α-hetero) is 1. The van der Waals surface area contributed by atoms with Gasteiger partial charge in [-0.15, -0.1) is 0 Å². The molecular weight excluding hydrogens is 356 g/mol. The molecule has 6 nitrogen and oxygen atoms in total. The number of rotatable bonds is 5. The average molecular weight is 380 g/mol. The Morgan fingerprint density at radius 2 is 1.89 bits per heavy atom. The minimum absolute atomic E-state index is 0.0347. The van der Waals surface area contributed by atoms with Crippen LogP contribution in [0.3, 0.4) is 0 Å². The number of fused-ring (bicyclic) bond motifs is 2. The molecule has 0 spiro atoms. The number of para-hydroxylation sites is 1. The number of H-pyrrole nitrogens is 1. The van der Waals surface area contributed by atoms with Crippen molar-refractivity contribution >= 4 is 16.7 Å². The van der Waals surface area contributed by atoms with Crippen LogP contribution in [-0.4, -0.2) is 48.1 Å². The molecule has 0 amide bonds. The van der Waals surface area contributed by atoms with E-state index < -0.39 is 6.10 Å². The van der Waals surface area contributed by atoms with Crippen LogP contribution in [0.1, 0.15) is 33.3 Å². The van der Waals surface area contributed by atoms with Gasteiger partial charge in [0.1, 0.15) is 11.5 Å². The van der Waals surface area contributed by atoms with Crippen LogP contribution in [0.4, 0.5) is 0 Å². The molecule has 0 aliphatic carbocycles. The molecule has 1 atom stereocenters. The van der Waals surface area contributed by atoms with Gasteiger partial charge in [-0.05, 0) is 25.1 Å². The summed E-state index contributed by atoms with van der Waals surface area (Å²) in [5.41, 5.74) is 4.15. The number of aryl methyl sites for hydroxylation is 1. The van der Waals surface area contributed by atoms with Gasteiger partial charge in [0.25, 0.3) is 0 Å². The van der Waals surface area contributed by atoms with Crippen LogP contribution in [-0.2, 0) is 6.54 Å². The van der Waals surface area contributed by atoms with E-state index in [1.165, 1.54) is 0 Å². The Hall–Kier alpha value is -2.83. The monoisotopic (exact) mass is 380 g/mol. The highest BCUT2D eigenvalue weighted by Crippen LogP contribution is 2.39. The minimum Gasteiger partial charge on any atom is -0.496 e. The highest BCUT2D eigenvalue weighted by atomic mass is 16.5. The van der Waals surface area contributed by atoms with Gasteiger partial charge >= 0.3 is 0 Å². The minimum atomic E-state index is -0.745. The second-order valence-electron chi connectivity index (χ2n) is 7.14. The number of ketones is 1. The third-order valence-corrected chi connectivity index (χ3v) is 5.40. The Morgan fingerprint density at radius 3 is 2.64 bits per heavy atom. The van der Waals surface area contributed by atoms with Crippen molar-refractivity contribution in [1.82, 2.24) is 9.88 Å². The molecule has 0 radical (unpaired) electrons. The molecule has 0 saturated heterocycles. The topological polar surface area (TPSA) is 74.8 Å². The number of nitrogens with zero attached hydrogens (tertiary/aromatic N) is 1. The average Bonchev–Trinajstić information content (AvgIpc) is 3.02. The SMILES string of the molecule is COc1ccc(OC)c2c1CN(CC(=O)c1c(C)[nH]c3ccccc13)C[C@H]2O. The van der Waals surface area contributed by atoms with Crippen molar-refractivity contribution in [3.05, 3.63) is 58.8 Å². The summed E-state index contributed by atoms with van der Waals surface area (Å²) in [6, 6.07) is 11.4. The lowest BCUT2D eigenvalue weighted by Gasteiger charge is -2.33. The van der Waals surface area contributed by atoms with E-state index in [1.807, 2.05) is 42.2 Å². The molecule has 6 heteroatoms. The third kappa shape index (κ3) is 3.04. The fourth-order valence-corrected chi connectivity index (χ4v) is 4.18. The van der Waals surface area contributed by atoms with Crippen LogP contribution < -0.4 is 9.47 Å². The molecule has 2 heterocycles. The number of carbonyl (C=O) groups excluding carboxylic acids is 1. The number of β-amino-alcohol motifs (C(OH)–C–C–N with tert-alkyl or cyclic N) is 1. The Morgan fingerprint density at radius 1 is 1.18 bits per heavy atom. The molecule has 0 fully saturated rings. The van der Waals surface area contributed by atoms with E-state index in [9.17, 15) is 9.90 Å². The number of aromatic amines is 1. The molecule has 1 aromatic heterocycles. The van der Waals surface area contributed by atoms with E-state index in [0.29, 0.717) is 30.2 Å². The lowest BCUT2D eigenvalue weighted by molar-refractivity contribution is 0.0737. The van der Waals surface area contributed by atoms with Crippen molar-refractivity contribution in [2.75, 3.05) is 27.3 Å². The van der Waals surface area contributed by atoms with Gasteiger partial charge in [-0.25, -0.2) is 0 Å². The molecule has 2 aromatic carbocycles. The normalized spacial score (nSPS) is 16.8. The maximum atomic E-state index is 13.1. The Balaban J connectivity index is 1.64. The highest BCUT2D eigenvalue weighted by molar-refractivity contribution is 6.10. The maximum absolute atomic E-state index is 13.1. The summed E-state index contributed by atoms with van der Waals surface area (Å²) < 4.78 is 10.9. The lowest BCUT2D eigenvalue weighted by atomic mass is 9.94. The van der Waals surface area contributed by atoms with Gasteiger partial charge in [0.05, 0.1) is 26.9 Å². The van der Waals surface area contributed by atoms with Gasteiger partial charge in [0, 0.05) is 46.4 Å². The fourth-order valence-electron chi connectivity index (χ4n) is 4.18. The summed E-state index contributed by atoms with van der Waals surface area (Å²) in [7, 11) is 3.19. The fraction of sp³-hybridized carbons (Fsp3) is 0.318. The van der Waals surface area contributed by atoms with Crippen molar-refractivity contribution in [2.45, 2.75) is 19.6 Å². The highest BCUT2D eigenvalue weighted by Gasteiger charge is 2.31. The number of benzene rings is 2. The Labute approximate surface area is 163 Å². The number of hydrogen-bond donors (Lipinski definition) is 2. The molecule has 2 N–H and O–H groups in total. The van der Waals surface area contributed by atoms with E-state index in [1.54, 1.807) is 20.3 Å². The van der Waals surface area contributed by atoms with Gasteiger partial charge in [0.2, 0.25) is 0 Å². The van der Waals surface area contributed by atoms with E-state index in [0.717, 1.165) is 27.7 Å². The van der Waals surface area contributed by atoms with Crippen molar-refractivity contribution in [1.29, 1.82) is 0 Å². The van der Waals surface area contributed by atoms with Gasteiger partial charge in [-0.2, -0.15) is 0 Å². The first-order chi connectivity index (χ1) is 13.5. The predicted molar refractivity (Wildman–Crippen MR) is 107 cm³/mol. The predicted octanol–water partition coefficient (Wildman–Crippen LogP) is 3.23. The lowest BCUT2D eigenvalue weighted by Crippen LogP contribution is -2.37. The number of aliphatic hydroxyl groups is 1. The van der Waals surface area contributed by atoms with Crippen molar-refractivity contribution in [2.24, 2.45) is 0 Å². The van der Waals surface area contributed by atoms with Gasteiger partial charge in [-0.3, -0.25) is 9.69 Å². The first-order valence-corrected chi connectivity index (χ1v) is 9.28. The van der Waals surface area contributed by atoms with E-state index in [2.05, 4.69) is 4.98 Å². The molecule has 1 aliphatic rings. The largest absolute Gasteiger partial charge is 0.496 e. The number of aliphatic hydroxyl groups excluding tert-OH is 1.